The summed E-state index contributed by atoms with van der Waals surface area (Å²) in [5.74, 6) is 0. The molecule has 0 atom stereocenters. The van der Waals surface area contributed by atoms with E-state index in [2.05, 4.69) is 52.3 Å². The van der Waals surface area contributed by atoms with Crippen molar-refractivity contribution < 1.29 is 4.74 Å². The number of aryl methyl sites for hydroxylation is 2. The second-order valence-corrected chi connectivity index (χ2v) is 8.03. The molecule has 1 spiro atoms. The summed E-state index contributed by atoms with van der Waals surface area (Å²) in [6.45, 7) is 9.33. The molecule has 1 aromatic carbocycles. The number of likely N-dealkylation sites (tertiary alicyclic amines) is 1. The molecule has 3 heterocycles. The second kappa shape index (κ2) is 7.51. The average Bonchev–Trinajstić information content (AvgIpc) is 3.04. The topological polar surface area (TPSA) is 33.5 Å². The number of hydrogen-bond acceptors (Lipinski definition) is 4. The van der Waals surface area contributed by atoms with Gasteiger partial charge >= 0.3 is 0 Å². The molecule has 4 rings (SSSR count). The Morgan fingerprint density at radius 2 is 1.73 bits per heavy atom. The van der Waals surface area contributed by atoms with E-state index in [0.29, 0.717) is 0 Å². The van der Waals surface area contributed by atoms with Crippen molar-refractivity contribution in [2.45, 2.75) is 38.5 Å². The highest BCUT2D eigenvalue weighted by Gasteiger charge is 2.39. The Labute approximate surface area is 156 Å². The lowest BCUT2D eigenvalue weighted by Crippen LogP contribution is -2.56. The summed E-state index contributed by atoms with van der Waals surface area (Å²) in [5, 5.41) is 4.28. The average molecular weight is 354 g/mol. The first-order valence-corrected chi connectivity index (χ1v) is 9.72. The summed E-state index contributed by atoms with van der Waals surface area (Å²) in [6, 6.07) is 8.94. The minimum atomic E-state index is 0.0500. The Balaban J connectivity index is 1.32. The van der Waals surface area contributed by atoms with Crippen LogP contribution in [-0.4, -0.2) is 58.0 Å². The number of aromatic nitrogens is 2. The SMILES string of the molecule is Cc1ccc(CN2CCOC3(CCN(Cc4cnn(C)c4)CC3)C2)cc1. The molecule has 2 aliphatic rings. The maximum atomic E-state index is 6.31. The molecular formula is C21H30N4O. The van der Waals surface area contributed by atoms with Crippen molar-refractivity contribution >= 4 is 0 Å². The van der Waals surface area contributed by atoms with Gasteiger partial charge in [-0.05, 0) is 25.3 Å². The molecular weight excluding hydrogens is 324 g/mol. The van der Waals surface area contributed by atoms with Crippen LogP contribution in [0.25, 0.3) is 0 Å². The van der Waals surface area contributed by atoms with Crippen LogP contribution in [0.3, 0.4) is 0 Å². The van der Waals surface area contributed by atoms with Crippen LogP contribution in [0.15, 0.2) is 36.7 Å². The fourth-order valence-corrected chi connectivity index (χ4v) is 4.24. The zero-order chi connectivity index (χ0) is 18.0. The fourth-order valence-electron chi connectivity index (χ4n) is 4.24. The normalized spacial score (nSPS) is 21.3. The first-order chi connectivity index (χ1) is 12.6. The van der Waals surface area contributed by atoms with E-state index in [1.54, 1.807) is 0 Å². The van der Waals surface area contributed by atoms with Gasteiger partial charge in [0.15, 0.2) is 0 Å². The van der Waals surface area contributed by atoms with Gasteiger partial charge in [0.05, 0.1) is 18.4 Å². The number of morpholine rings is 1. The molecule has 2 fully saturated rings. The lowest BCUT2D eigenvalue weighted by molar-refractivity contribution is -0.138. The number of ether oxygens (including phenoxy) is 1. The number of nitrogens with zero attached hydrogens (tertiary/aromatic N) is 4. The van der Waals surface area contributed by atoms with E-state index in [1.807, 2.05) is 17.9 Å². The van der Waals surface area contributed by atoms with Crippen LogP contribution in [0.4, 0.5) is 0 Å². The number of hydrogen-bond donors (Lipinski definition) is 0. The second-order valence-electron chi connectivity index (χ2n) is 8.03. The van der Waals surface area contributed by atoms with Crippen LogP contribution < -0.4 is 0 Å². The molecule has 2 saturated heterocycles. The third-order valence-electron chi connectivity index (χ3n) is 5.79. The van der Waals surface area contributed by atoms with Crippen LogP contribution in [-0.2, 0) is 24.9 Å². The van der Waals surface area contributed by atoms with Gasteiger partial charge in [-0.25, -0.2) is 0 Å². The lowest BCUT2D eigenvalue weighted by atomic mass is 9.89. The zero-order valence-corrected chi connectivity index (χ0v) is 16.0. The van der Waals surface area contributed by atoms with Gasteiger partial charge in [0.1, 0.15) is 0 Å². The Morgan fingerprint density at radius 3 is 2.42 bits per heavy atom. The van der Waals surface area contributed by atoms with Crippen molar-refractivity contribution in [2.24, 2.45) is 7.05 Å². The summed E-state index contributed by atoms with van der Waals surface area (Å²) < 4.78 is 8.19. The minimum Gasteiger partial charge on any atom is -0.372 e. The van der Waals surface area contributed by atoms with Gasteiger partial charge in [0, 0.05) is 58.1 Å². The van der Waals surface area contributed by atoms with Gasteiger partial charge in [0.2, 0.25) is 0 Å². The highest BCUT2D eigenvalue weighted by atomic mass is 16.5. The van der Waals surface area contributed by atoms with E-state index in [9.17, 15) is 0 Å². The van der Waals surface area contributed by atoms with Crippen LogP contribution in [0.1, 0.15) is 29.5 Å². The summed E-state index contributed by atoms with van der Waals surface area (Å²) in [5.41, 5.74) is 4.08. The molecule has 0 saturated carbocycles. The van der Waals surface area contributed by atoms with Gasteiger partial charge in [0.25, 0.3) is 0 Å². The molecule has 26 heavy (non-hydrogen) atoms. The highest BCUT2D eigenvalue weighted by molar-refractivity contribution is 5.21. The summed E-state index contributed by atoms with van der Waals surface area (Å²) in [7, 11) is 1.98. The largest absolute Gasteiger partial charge is 0.372 e. The van der Waals surface area contributed by atoms with Crippen molar-refractivity contribution in [1.29, 1.82) is 0 Å². The van der Waals surface area contributed by atoms with Crippen molar-refractivity contribution in [3.8, 4) is 0 Å². The van der Waals surface area contributed by atoms with Crippen LogP contribution in [0.2, 0.25) is 0 Å². The number of benzene rings is 1. The third kappa shape index (κ3) is 4.17. The molecule has 140 valence electrons. The predicted molar refractivity (Wildman–Crippen MR) is 103 cm³/mol. The third-order valence-corrected chi connectivity index (χ3v) is 5.79. The molecule has 0 N–H and O–H groups in total. The van der Waals surface area contributed by atoms with E-state index >= 15 is 0 Å². The van der Waals surface area contributed by atoms with Gasteiger partial charge < -0.3 is 4.74 Å². The van der Waals surface area contributed by atoms with E-state index in [1.165, 1.54) is 16.7 Å². The quantitative estimate of drug-likeness (QED) is 0.845. The van der Waals surface area contributed by atoms with Crippen molar-refractivity contribution in [2.75, 3.05) is 32.8 Å². The fraction of sp³-hybridized carbons (Fsp3) is 0.571. The lowest BCUT2D eigenvalue weighted by Gasteiger charge is -2.47. The maximum absolute atomic E-state index is 6.31. The van der Waals surface area contributed by atoms with Gasteiger partial charge in [-0.15, -0.1) is 0 Å². The highest BCUT2D eigenvalue weighted by Crippen LogP contribution is 2.31. The van der Waals surface area contributed by atoms with Crippen LogP contribution in [0, 0.1) is 6.92 Å². The molecule has 0 radical (unpaired) electrons. The molecule has 0 aliphatic carbocycles. The Bertz CT molecular complexity index is 716. The molecule has 2 aliphatic heterocycles. The predicted octanol–water partition coefficient (Wildman–Crippen LogP) is 2.60. The molecule has 2 aromatic rings. The van der Waals surface area contributed by atoms with Crippen molar-refractivity contribution in [3.63, 3.8) is 0 Å². The van der Waals surface area contributed by atoms with Gasteiger partial charge in [-0.3, -0.25) is 14.5 Å². The van der Waals surface area contributed by atoms with E-state index in [0.717, 1.165) is 58.7 Å². The van der Waals surface area contributed by atoms with Crippen LogP contribution >= 0.6 is 0 Å². The first kappa shape index (κ1) is 17.7. The zero-order valence-electron chi connectivity index (χ0n) is 16.0. The first-order valence-electron chi connectivity index (χ1n) is 9.72. The Morgan fingerprint density at radius 1 is 1.00 bits per heavy atom. The summed E-state index contributed by atoms with van der Waals surface area (Å²) >= 11 is 0. The smallest absolute Gasteiger partial charge is 0.0833 e. The number of rotatable bonds is 4. The molecule has 0 amide bonds. The molecule has 1 aromatic heterocycles. The van der Waals surface area contributed by atoms with Crippen molar-refractivity contribution in [1.82, 2.24) is 19.6 Å². The molecule has 0 bridgehead atoms. The summed E-state index contributed by atoms with van der Waals surface area (Å²) in [4.78, 5) is 5.11. The minimum absolute atomic E-state index is 0.0500. The molecule has 5 nitrogen and oxygen atoms in total. The standard InChI is InChI=1S/C21H30N4O/c1-18-3-5-19(6-4-18)15-25-11-12-26-21(17-25)7-9-24(10-8-21)16-20-13-22-23(2)14-20/h3-6,13-14H,7-12,15-17H2,1-2H3. The van der Waals surface area contributed by atoms with Gasteiger partial charge in [-0.1, -0.05) is 29.8 Å². The Hall–Kier alpha value is -1.69. The summed E-state index contributed by atoms with van der Waals surface area (Å²) in [6.07, 6.45) is 6.34. The van der Waals surface area contributed by atoms with E-state index in [-0.39, 0.29) is 5.60 Å². The maximum Gasteiger partial charge on any atom is 0.0833 e. The number of piperidine rings is 1. The van der Waals surface area contributed by atoms with E-state index in [4.69, 9.17) is 4.74 Å². The van der Waals surface area contributed by atoms with Gasteiger partial charge in [-0.2, -0.15) is 5.10 Å². The molecule has 0 unspecified atom stereocenters. The van der Waals surface area contributed by atoms with Crippen LogP contribution in [0.5, 0.6) is 0 Å². The van der Waals surface area contributed by atoms with Crippen molar-refractivity contribution in [3.05, 3.63) is 53.3 Å². The molecule has 5 heteroatoms. The van der Waals surface area contributed by atoms with E-state index < -0.39 is 0 Å². The Kier molecular flexibility index (Phi) is 5.11. The monoisotopic (exact) mass is 354 g/mol.